The Labute approximate surface area is 114 Å². The van der Waals surface area contributed by atoms with Crippen LogP contribution in [0.1, 0.15) is 18.4 Å². The van der Waals surface area contributed by atoms with E-state index in [1.807, 2.05) is 12.5 Å². The number of rotatable bonds is 4. The quantitative estimate of drug-likeness (QED) is 0.837. The molecule has 3 rings (SSSR count). The summed E-state index contributed by atoms with van der Waals surface area (Å²) in [5.41, 5.74) is 1.43. The summed E-state index contributed by atoms with van der Waals surface area (Å²) in [5, 5.41) is 0. The molecule has 0 aliphatic carbocycles. The molecule has 0 radical (unpaired) electrons. The Balaban J connectivity index is 1.47. The van der Waals surface area contributed by atoms with Crippen LogP contribution in [0.4, 0.5) is 0 Å². The molecule has 1 saturated heterocycles. The predicted molar refractivity (Wildman–Crippen MR) is 76.7 cm³/mol. The van der Waals surface area contributed by atoms with Crippen LogP contribution in [0.15, 0.2) is 49.1 Å². The van der Waals surface area contributed by atoms with Gasteiger partial charge in [0, 0.05) is 25.5 Å². The molecular formula is C16H21N3. The van der Waals surface area contributed by atoms with Crippen LogP contribution in [0.2, 0.25) is 0 Å². The van der Waals surface area contributed by atoms with E-state index in [2.05, 4.69) is 51.0 Å². The number of aromatic nitrogens is 2. The van der Waals surface area contributed by atoms with Gasteiger partial charge in [-0.25, -0.2) is 4.98 Å². The molecule has 0 saturated carbocycles. The second-order valence-electron chi connectivity index (χ2n) is 5.46. The molecule has 1 aliphatic heterocycles. The van der Waals surface area contributed by atoms with Crippen molar-refractivity contribution < 1.29 is 0 Å². The van der Waals surface area contributed by atoms with Crippen LogP contribution in [-0.2, 0) is 13.1 Å². The van der Waals surface area contributed by atoms with Crippen molar-refractivity contribution >= 4 is 0 Å². The van der Waals surface area contributed by atoms with Gasteiger partial charge >= 0.3 is 0 Å². The molecule has 3 heteroatoms. The average molecular weight is 255 g/mol. The lowest BCUT2D eigenvalue weighted by molar-refractivity contribution is 0.167. The second-order valence-corrected chi connectivity index (χ2v) is 5.46. The van der Waals surface area contributed by atoms with Crippen molar-refractivity contribution in [1.82, 2.24) is 14.5 Å². The monoisotopic (exact) mass is 255 g/mol. The molecule has 0 N–H and O–H groups in total. The molecule has 3 nitrogen and oxygen atoms in total. The molecule has 1 aromatic carbocycles. The molecule has 0 bridgehead atoms. The summed E-state index contributed by atoms with van der Waals surface area (Å²) in [7, 11) is 0. The molecule has 100 valence electrons. The van der Waals surface area contributed by atoms with Crippen molar-refractivity contribution in [3.05, 3.63) is 54.6 Å². The second kappa shape index (κ2) is 6.02. The van der Waals surface area contributed by atoms with Crippen molar-refractivity contribution in [2.75, 3.05) is 13.1 Å². The van der Waals surface area contributed by atoms with Gasteiger partial charge in [0.15, 0.2) is 0 Å². The van der Waals surface area contributed by atoms with Gasteiger partial charge in [0.25, 0.3) is 0 Å². The summed E-state index contributed by atoms with van der Waals surface area (Å²) < 4.78 is 2.21. The van der Waals surface area contributed by atoms with E-state index >= 15 is 0 Å². The SMILES string of the molecule is c1ccc(CN2CCC(Cn3ccnc3)CC2)cc1. The lowest BCUT2D eigenvalue weighted by Crippen LogP contribution is -2.34. The first-order chi connectivity index (χ1) is 9.40. The topological polar surface area (TPSA) is 21.1 Å². The number of hydrogen-bond acceptors (Lipinski definition) is 2. The van der Waals surface area contributed by atoms with E-state index in [1.165, 1.54) is 31.5 Å². The fourth-order valence-corrected chi connectivity index (χ4v) is 2.86. The van der Waals surface area contributed by atoms with Crippen LogP contribution in [0.25, 0.3) is 0 Å². The number of benzene rings is 1. The minimum atomic E-state index is 0.807. The van der Waals surface area contributed by atoms with E-state index < -0.39 is 0 Å². The standard InChI is InChI=1S/C16H21N3/c1-2-4-15(5-3-1)12-18-9-6-16(7-10-18)13-19-11-8-17-14-19/h1-5,8,11,14,16H,6-7,9-10,12-13H2. The molecule has 2 heterocycles. The van der Waals surface area contributed by atoms with E-state index in [0.717, 1.165) is 19.0 Å². The van der Waals surface area contributed by atoms with Crippen LogP contribution in [0, 0.1) is 5.92 Å². The van der Waals surface area contributed by atoms with Crippen molar-refractivity contribution in [3.63, 3.8) is 0 Å². The summed E-state index contributed by atoms with van der Waals surface area (Å²) in [5.74, 6) is 0.807. The highest BCUT2D eigenvalue weighted by Crippen LogP contribution is 2.20. The zero-order chi connectivity index (χ0) is 12.9. The third-order valence-corrected chi connectivity index (χ3v) is 3.98. The van der Waals surface area contributed by atoms with E-state index in [4.69, 9.17) is 0 Å². The number of hydrogen-bond donors (Lipinski definition) is 0. The highest BCUT2D eigenvalue weighted by atomic mass is 15.1. The molecule has 19 heavy (non-hydrogen) atoms. The van der Waals surface area contributed by atoms with Crippen molar-refractivity contribution in [2.24, 2.45) is 5.92 Å². The first kappa shape index (κ1) is 12.4. The fraction of sp³-hybridized carbons (Fsp3) is 0.438. The number of piperidine rings is 1. The minimum Gasteiger partial charge on any atom is -0.337 e. The molecule has 1 fully saturated rings. The van der Waals surface area contributed by atoms with Crippen LogP contribution in [0.3, 0.4) is 0 Å². The molecule has 2 aromatic rings. The summed E-state index contributed by atoms with van der Waals surface area (Å²) >= 11 is 0. The Morgan fingerprint density at radius 2 is 1.89 bits per heavy atom. The molecule has 0 spiro atoms. The molecule has 0 unspecified atom stereocenters. The van der Waals surface area contributed by atoms with Gasteiger partial charge in [0.2, 0.25) is 0 Å². The van der Waals surface area contributed by atoms with E-state index in [-0.39, 0.29) is 0 Å². The Hall–Kier alpha value is -1.61. The smallest absolute Gasteiger partial charge is 0.0945 e. The largest absolute Gasteiger partial charge is 0.337 e. The summed E-state index contributed by atoms with van der Waals surface area (Å²) in [6.07, 6.45) is 8.45. The van der Waals surface area contributed by atoms with Gasteiger partial charge in [0.1, 0.15) is 0 Å². The molecule has 0 atom stereocenters. The maximum atomic E-state index is 4.11. The van der Waals surface area contributed by atoms with Crippen LogP contribution >= 0.6 is 0 Å². The van der Waals surface area contributed by atoms with Gasteiger partial charge < -0.3 is 4.57 Å². The Morgan fingerprint density at radius 1 is 1.11 bits per heavy atom. The van der Waals surface area contributed by atoms with Crippen LogP contribution in [-0.4, -0.2) is 27.5 Å². The van der Waals surface area contributed by atoms with Gasteiger partial charge in [-0.05, 0) is 37.4 Å². The van der Waals surface area contributed by atoms with Gasteiger partial charge in [-0.1, -0.05) is 30.3 Å². The number of nitrogens with zero attached hydrogens (tertiary/aromatic N) is 3. The first-order valence-corrected chi connectivity index (χ1v) is 7.12. The van der Waals surface area contributed by atoms with Crippen molar-refractivity contribution in [1.29, 1.82) is 0 Å². The summed E-state index contributed by atoms with van der Waals surface area (Å²) in [6, 6.07) is 10.8. The minimum absolute atomic E-state index is 0.807. The average Bonchev–Trinajstić information content (AvgIpc) is 2.95. The van der Waals surface area contributed by atoms with E-state index in [0.29, 0.717) is 0 Å². The fourth-order valence-electron chi connectivity index (χ4n) is 2.86. The van der Waals surface area contributed by atoms with Crippen molar-refractivity contribution in [3.8, 4) is 0 Å². The summed E-state index contributed by atoms with van der Waals surface area (Å²) in [6.45, 7) is 4.65. The molecular weight excluding hydrogens is 234 g/mol. The number of imidazole rings is 1. The lowest BCUT2D eigenvalue weighted by Gasteiger charge is -2.32. The van der Waals surface area contributed by atoms with Gasteiger partial charge in [0.05, 0.1) is 6.33 Å². The molecule has 1 aromatic heterocycles. The van der Waals surface area contributed by atoms with Crippen molar-refractivity contribution in [2.45, 2.75) is 25.9 Å². The van der Waals surface area contributed by atoms with E-state index in [9.17, 15) is 0 Å². The highest BCUT2D eigenvalue weighted by molar-refractivity contribution is 5.14. The Kier molecular flexibility index (Phi) is 3.94. The van der Waals surface area contributed by atoms with Crippen LogP contribution in [0.5, 0.6) is 0 Å². The first-order valence-electron chi connectivity index (χ1n) is 7.12. The Bertz CT molecular complexity index is 470. The van der Waals surface area contributed by atoms with Gasteiger partial charge in [-0.2, -0.15) is 0 Å². The van der Waals surface area contributed by atoms with Gasteiger partial charge in [-0.3, -0.25) is 4.90 Å². The number of likely N-dealkylation sites (tertiary alicyclic amines) is 1. The third-order valence-electron chi connectivity index (χ3n) is 3.98. The predicted octanol–water partition coefficient (Wildman–Crippen LogP) is 2.80. The lowest BCUT2D eigenvalue weighted by atomic mass is 9.96. The van der Waals surface area contributed by atoms with Crippen LogP contribution < -0.4 is 0 Å². The maximum absolute atomic E-state index is 4.11. The zero-order valence-corrected chi connectivity index (χ0v) is 11.3. The molecule has 1 aliphatic rings. The highest BCUT2D eigenvalue weighted by Gasteiger charge is 2.19. The Morgan fingerprint density at radius 3 is 2.58 bits per heavy atom. The normalized spacial score (nSPS) is 17.7. The zero-order valence-electron chi connectivity index (χ0n) is 11.3. The van der Waals surface area contributed by atoms with E-state index in [1.54, 1.807) is 0 Å². The molecule has 0 amide bonds. The maximum Gasteiger partial charge on any atom is 0.0945 e. The third kappa shape index (κ3) is 3.44. The summed E-state index contributed by atoms with van der Waals surface area (Å²) in [4.78, 5) is 6.68. The van der Waals surface area contributed by atoms with Gasteiger partial charge in [-0.15, -0.1) is 0 Å².